The second kappa shape index (κ2) is 73.5. The number of carbonyl (C=O) groups excluding carboxylic acids is 15. The Labute approximate surface area is 842 Å². The predicted octanol–water partition coefficient (Wildman–Crippen LogP) is 4.34. The molecule has 0 saturated heterocycles. The fraction of sp³-hybridized carbons (Fsp3) is 0.730. The Morgan fingerprint density at radius 3 is 1.26 bits per heavy atom. The third-order valence-electron chi connectivity index (χ3n) is 24.8. The van der Waals surface area contributed by atoms with Gasteiger partial charge in [0, 0.05) is 94.1 Å². The molecule has 0 radical (unpaired) electrons. The highest BCUT2D eigenvalue weighted by molar-refractivity contribution is 7.98. The number of aromatic hydroxyl groups is 1. The molecule has 0 fully saturated rings. The third kappa shape index (κ3) is 55.3. The van der Waals surface area contributed by atoms with Crippen molar-refractivity contribution in [3.63, 3.8) is 0 Å². The highest BCUT2D eigenvalue weighted by Gasteiger charge is 2.41. The molecule has 10 amide bonds. The van der Waals surface area contributed by atoms with Crippen molar-refractivity contribution in [2.75, 3.05) is 51.3 Å². The summed E-state index contributed by atoms with van der Waals surface area (Å²) >= 11 is 1.26. The Kier molecular flexibility index (Phi) is 66.0. The van der Waals surface area contributed by atoms with Crippen molar-refractivity contribution in [1.82, 2.24) is 57.8 Å². The standard InChI is InChI=1S/C100H173N21O20S/c1-10-11-12-13-14-15-16-17-18-19-20-21-22-33-73(125)52-67(31-23-26-42-101)90(133)113-75(34-25-28-44-103)84(126)54-69(48-62(2)3)92(135)114-76(35-29-45-110-99(105)106)85(127)55-70(60-122)93(136)115-77(41-47-142-9)87(129)57-74(65(8)123)94(137)117-79(58-88(130)131)86(128)53-68(32-24-27-43-102)91(134)119-82(51-66-37-39-72(124)40-38-66)97(140)116-78(36-30-46-111-100(107)108)95(138)120-81(50-64(6)7)96(139)121-83(56-71-59-109-61-112-71)98(141)118-80(89(104)132)49-63(4)5/h37-40,59,61-65,67-70,74-83,122-124H,10-36,41-58,60,101-103H2,1-9H3,(H2,104,132)(H,109,112)(H,113,133)(H,114,135)(H,115,136)(H,116,140)(H,117,137)(H,118,141)(H,119,134)(H,120,138)(H,121,139)(H,130,131)(H4,105,106,110)(H4,107,108,111)/t65-,67-,68-,69-,70+,74+,75+,76+,77+,78+,79+,80+,81+,82+,83+/m1/s1. The molecule has 1 aromatic heterocycles. The lowest BCUT2D eigenvalue weighted by molar-refractivity contribution is -0.142. The number of unbranched alkanes of at least 4 members (excludes halogenated alkanes) is 15. The number of aliphatic hydroxyl groups is 2. The number of rotatable bonds is 84. The number of nitrogens with one attached hydrogen (secondary N) is 10. The zero-order chi connectivity index (χ0) is 106. The number of primary amides is 1. The van der Waals surface area contributed by atoms with Crippen LogP contribution in [0.1, 0.15) is 304 Å². The Bertz CT molecular complexity index is 4190. The summed E-state index contributed by atoms with van der Waals surface area (Å²) in [5.41, 5.74) is 46.7. The summed E-state index contributed by atoms with van der Waals surface area (Å²) in [5.74, 6) is -21.0. The first-order valence-electron chi connectivity index (χ1n) is 51.1. The first-order chi connectivity index (χ1) is 67.5. The number of guanidine groups is 2. The number of imidazole rings is 1. The van der Waals surface area contributed by atoms with E-state index >= 15 is 9.59 Å². The molecule has 0 aliphatic rings. The van der Waals surface area contributed by atoms with Gasteiger partial charge in [-0.05, 0) is 177 Å². The van der Waals surface area contributed by atoms with Crippen molar-refractivity contribution in [2.24, 2.45) is 103 Å². The molecule has 142 heavy (non-hydrogen) atoms. The number of hydrogen-bond donors (Lipinski definition) is 22. The number of carbonyl (C=O) groups is 16. The van der Waals surface area contributed by atoms with E-state index in [0.29, 0.717) is 75.7 Å². The molecule has 0 saturated carbocycles. The zero-order valence-electron chi connectivity index (χ0n) is 85.6. The van der Waals surface area contributed by atoms with Gasteiger partial charge in [-0.25, -0.2) is 4.98 Å². The van der Waals surface area contributed by atoms with Crippen LogP contribution in [0, 0.1) is 47.3 Å². The maximum atomic E-state index is 15.1. The number of phenolic OH excluding ortho intramolecular Hbond substituents is 1. The van der Waals surface area contributed by atoms with Gasteiger partial charge in [0.25, 0.3) is 0 Å². The number of Topliss-reactive ketones (excluding diaryl/α,β-unsaturated/α-hetero) is 5. The van der Waals surface area contributed by atoms with Gasteiger partial charge in [0.1, 0.15) is 41.7 Å². The fourth-order valence-electron chi connectivity index (χ4n) is 16.7. The van der Waals surface area contributed by atoms with Crippen molar-refractivity contribution >= 4 is 118 Å². The molecule has 2 rings (SSSR count). The molecule has 804 valence electrons. The van der Waals surface area contributed by atoms with Crippen LogP contribution in [-0.2, 0) is 89.6 Å². The number of amides is 10. The van der Waals surface area contributed by atoms with Crippen molar-refractivity contribution in [3.05, 3.63) is 48.0 Å². The van der Waals surface area contributed by atoms with Gasteiger partial charge in [-0.1, -0.05) is 150 Å². The first-order valence-corrected chi connectivity index (χ1v) is 52.5. The van der Waals surface area contributed by atoms with Gasteiger partial charge < -0.3 is 119 Å². The van der Waals surface area contributed by atoms with Crippen LogP contribution in [0.5, 0.6) is 5.75 Å². The summed E-state index contributed by atoms with van der Waals surface area (Å²) in [6.07, 6.45) is 16.9. The molecule has 0 spiro atoms. The number of H-pyrrole nitrogens is 1. The van der Waals surface area contributed by atoms with E-state index in [4.69, 9.17) is 45.9 Å². The molecule has 1 heterocycles. The highest BCUT2D eigenvalue weighted by atomic mass is 32.2. The molecule has 2 aromatic rings. The number of nitrogens with zero attached hydrogens (tertiary/aromatic N) is 3. The van der Waals surface area contributed by atoms with Crippen LogP contribution in [0.15, 0.2) is 46.8 Å². The number of phenols is 1. The summed E-state index contributed by atoms with van der Waals surface area (Å²) in [6, 6.07) is -7.33. The second-order valence-electron chi connectivity index (χ2n) is 38.9. The number of nitrogens with two attached hydrogens (primary N) is 8. The number of ketones is 5. The quantitative estimate of drug-likeness (QED) is 0.0249. The number of aliphatic hydroxyl groups excluding tert-OH is 2. The minimum Gasteiger partial charge on any atom is -0.508 e. The van der Waals surface area contributed by atoms with Crippen LogP contribution in [0.3, 0.4) is 0 Å². The molecule has 0 aliphatic carbocycles. The number of aromatic amines is 1. The van der Waals surface area contributed by atoms with Crippen LogP contribution >= 0.6 is 11.8 Å². The monoisotopic (exact) mass is 2020 g/mol. The van der Waals surface area contributed by atoms with Gasteiger partial charge in [0.2, 0.25) is 59.1 Å². The summed E-state index contributed by atoms with van der Waals surface area (Å²) in [4.78, 5) is 244. The van der Waals surface area contributed by atoms with Crippen LogP contribution in [-0.4, -0.2) is 248 Å². The van der Waals surface area contributed by atoms with Gasteiger partial charge in [-0.15, -0.1) is 0 Å². The van der Waals surface area contributed by atoms with Gasteiger partial charge in [-0.2, -0.15) is 11.8 Å². The number of aliphatic carboxylic acids is 1. The minimum atomic E-state index is -1.95. The van der Waals surface area contributed by atoms with E-state index in [0.717, 1.165) is 32.6 Å². The van der Waals surface area contributed by atoms with Gasteiger partial charge >= 0.3 is 5.97 Å². The van der Waals surface area contributed by atoms with E-state index in [1.807, 2.05) is 27.7 Å². The van der Waals surface area contributed by atoms with Gasteiger partial charge in [0.05, 0.1) is 61.5 Å². The Morgan fingerprint density at radius 1 is 0.401 bits per heavy atom. The molecule has 41 nitrogen and oxygen atoms in total. The molecule has 42 heteroatoms. The van der Waals surface area contributed by atoms with E-state index < -0.39 is 211 Å². The van der Waals surface area contributed by atoms with E-state index in [2.05, 4.69) is 74.7 Å². The van der Waals surface area contributed by atoms with Crippen molar-refractivity contribution in [3.8, 4) is 5.75 Å². The molecule has 15 atom stereocenters. The van der Waals surface area contributed by atoms with E-state index in [-0.39, 0.29) is 163 Å². The van der Waals surface area contributed by atoms with Crippen molar-refractivity contribution in [2.45, 2.75) is 366 Å². The fourth-order valence-corrected chi connectivity index (χ4v) is 17.2. The van der Waals surface area contributed by atoms with Crippen LogP contribution in [0.25, 0.3) is 0 Å². The number of benzene rings is 1. The first kappa shape index (κ1) is 128. The van der Waals surface area contributed by atoms with Crippen LogP contribution in [0.2, 0.25) is 0 Å². The largest absolute Gasteiger partial charge is 0.508 e. The van der Waals surface area contributed by atoms with E-state index in [1.165, 1.54) is 99.9 Å². The average molecular weight is 2020 g/mol. The molecule has 1 aromatic carbocycles. The van der Waals surface area contributed by atoms with Crippen LogP contribution < -0.4 is 93.7 Å². The third-order valence-corrected chi connectivity index (χ3v) is 25.4. The topological polar surface area (TPSA) is 724 Å². The number of hydrogen-bond acceptors (Lipinski definition) is 26. The maximum absolute atomic E-state index is 15.1. The maximum Gasteiger partial charge on any atom is 0.305 e. The molecular weight excluding hydrogens is 1850 g/mol. The lowest BCUT2D eigenvalue weighted by atomic mass is 9.87. The smallest absolute Gasteiger partial charge is 0.305 e. The van der Waals surface area contributed by atoms with Crippen molar-refractivity contribution in [1.29, 1.82) is 0 Å². The van der Waals surface area contributed by atoms with E-state index in [1.54, 1.807) is 20.1 Å². The number of carboxylic acids is 1. The van der Waals surface area contributed by atoms with Crippen LogP contribution in [0.4, 0.5) is 0 Å². The lowest BCUT2D eigenvalue weighted by Crippen LogP contribution is -2.60. The number of thioether (sulfide) groups is 1. The highest BCUT2D eigenvalue weighted by Crippen LogP contribution is 2.27. The predicted molar refractivity (Wildman–Crippen MR) is 547 cm³/mol. The van der Waals surface area contributed by atoms with E-state index in [9.17, 15) is 87.5 Å². The van der Waals surface area contributed by atoms with Crippen molar-refractivity contribution < 1.29 is 97.1 Å². The molecule has 0 bridgehead atoms. The summed E-state index contributed by atoms with van der Waals surface area (Å²) in [7, 11) is 0. The minimum absolute atomic E-state index is 0.00668. The Hall–Kier alpha value is -10.6. The van der Waals surface area contributed by atoms with Gasteiger partial charge in [-0.3, -0.25) is 86.7 Å². The SMILES string of the molecule is CCCCCCCCCCCCCCCC(=O)C[C@@H](CCCCN)C(=O)N[C@@H](CCCCN)C(=O)C[C@@H](CC(C)C)C(=O)N[C@@H](CCCN=C(N)N)C(=O)C[C@@H](CO)C(=O)N[C@@H](CCSC)C(=O)C[C@H](C(=O)N[C@@H](CC(=O)O)C(=O)C[C@@H](CCCCN)C(=O)N[C@@H](Cc1ccc(O)cc1)C(=O)N[C@@H](CCCN=C(N)N)C(=O)N[C@@H](CC(C)C)C(=O)N[C@@H](Cc1cnc[nH]1)C(=O)N[C@@H](CC(C)C)C(N)=O)[C@@H](C)O. The zero-order valence-corrected chi connectivity index (χ0v) is 86.4. The Morgan fingerprint density at radius 2 is 0.789 bits per heavy atom. The molecule has 0 unspecified atom stereocenters. The molecule has 30 N–H and O–H groups in total. The molecule has 0 aliphatic heterocycles. The number of aliphatic imine (C=N–C) groups is 2. The Balaban J connectivity index is 2.56. The summed E-state index contributed by atoms with van der Waals surface area (Å²) < 4.78 is 0. The molecular formula is C100H173N21O20S. The number of carboxylic acid groups (broad SMARTS) is 1. The normalized spacial score (nSPS) is 14.6. The summed E-state index contributed by atoms with van der Waals surface area (Å²) in [5, 5.41) is 67.0. The summed E-state index contributed by atoms with van der Waals surface area (Å²) in [6.45, 7) is 14.0. The second-order valence-corrected chi connectivity index (χ2v) is 39.8. The number of aromatic nitrogens is 2. The average Bonchev–Trinajstić information content (AvgIpc) is 1.05. The van der Waals surface area contributed by atoms with Gasteiger partial charge in [0.15, 0.2) is 35.1 Å². The lowest BCUT2D eigenvalue weighted by Gasteiger charge is -2.28.